The van der Waals surface area contributed by atoms with E-state index < -0.39 is 0 Å². The Bertz CT molecular complexity index is 433. The Balaban J connectivity index is 1.36. The first-order valence-electron chi connectivity index (χ1n) is 12.0. The molecule has 0 bridgehead atoms. The third kappa shape index (κ3) is 3.45. The summed E-state index contributed by atoms with van der Waals surface area (Å²) in [5.41, 5.74) is 0.613. The molecule has 4 rings (SSSR count). The van der Waals surface area contributed by atoms with Crippen molar-refractivity contribution in [2.75, 3.05) is 0 Å². The highest BCUT2D eigenvalue weighted by molar-refractivity contribution is 5.03. The first-order chi connectivity index (χ1) is 12.0. The van der Waals surface area contributed by atoms with E-state index in [0.29, 0.717) is 5.41 Å². The first-order valence-corrected chi connectivity index (χ1v) is 12.0. The molecule has 4 fully saturated rings. The number of hydrogen-bond acceptors (Lipinski definition) is 0. The lowest BCUT2D eigenvalue weighted by Gasteiger charge is -2.45. The summed E-state index contributed by atoms with van der Waals surface area (Å²) in [5, 5.41) is 0. The summed E-state index contributed by atoms with van der Waals surface area (Å²) in [6.07, 6.45) is 18.5. The van der Waals surface area contributed by atoms with Crippen molar-refractivity contribution < 1.29 is 0 Å². The van der Waals surface area contributed by atoms with Gasteiger partial charge in [-0.3, -0.25) is 0 Å². The molecular weight excluding hydrogens is 300 g/mol. The van der Waals surface area contributed by atoms with Gasteiger partial charge in [-0.2, -0.15) is 0 Å². The fourth-order valence-corrected chi connectivity index (χ4v) is 8.58. The summed E-state index contributed by atoms with van der Waals surface area (Å²) in [7, 11) is 0. The molecule has 0 heterocycles. The van der Waals surface area contributed by atoms with Gasteiger partial charge in [-0.1, -0.05) is 59.8 Å². The van der Waals surface area contributed by atoms with Crippen molar-refractivity contribution in [3.63, 3.8) is 0 Å². The van der Waals surface area contributed by atoms with Crippen molar-refractivity contribution in [3.8, 4) is 0 Å². The van der Waals surface area contributed by atoms with Crippen LogP contribution in [0.4, 0.5) is 0 Å². The van der Waals surface area contributed by atoms with Crippen LogP contribution in [0, 0.1) is 52.8 Å². The number of hydrogen-bond donors (Lipinski definition) is 0. The van der Waals surface area contributed by atoms with Gasteiger partial charge in [-0.25, -0.2) is 0 Å². The van der Waals surface area contributed by atoms with Gasteiger partial charge in [0.2, 0.25) is 0 Å². The minimum atomic E-state index is 0.613. The van der Waals surface area contributed by atoms with Gasteiger partial charge in [0.25, 0.3) is 0 Å². The molecule has 0 spiro atoms. The fraction of sp³-hybridized carbons (Fsp3) is 1.00. The highest BCUT2D eigenvalue weighted by atomic mass is 14.6. The molecule has 4 unspecified atom stereocenters. The predicted octanol–water partition coefficient (Wildman–Crippen LogP) is 7.72. The smallest absolute Gasteiger partial charge is 0.0290 e. The average molecular weight is 345 g/mol. The zero-order valence-corrected chi connectivity index (χ0v) is 17.6. The monoisotopic (exact) mass is 344 g/mol. The lowest BCUT2D eigenvalue weighted by atomic mass is 9.60. The van der Waals surface area contributed by atoms with E-state index in [-0.39, 0.29) is 0 Å². The van der Waals surface area contributed by atoms with E-state index in [2.05, 4.69) is 27.7 Å². The molecule has 0 N–H and O–H groups in total. The molecule has 144 valence electrons. The molecule has 0 amide bonds. The van der Waals surface area contributed by atoms with Crippen LogP contribution >= 0.6 is 0 Å². The van der Waals surface area contributed by atoms with Gasteiger partial charge >= 0.3 is 0 Å². The maximum Gasteiger partial charge on any atom is -0.0290 e. The minimum absolute atomic E-state index is 0.613. The van der Waals surface area contributed by atoms with Crippen LogP contribution in [-0.2, 0) is 0 Å². The fourth-order valence-electron chi connectivity index (χ4n) is 8.58. The van der Waals surface area contributed by atoms with E-state index in [1.807, 2.05) is 0 Å². The molecule has 0 saturated heterocycles. The predicted molar refractivity (Wildman–Crippen MR) is 108 cm³/mol. The van der Waals surface area contributed by atoms with Gasteiger partial charge in [0.05, 0.1) is 0 Å². The van der Waals surface area contributed by atoms with Crippen molar-refractivity contribution in [1.82, 2.24) is 0 Å². The number of rotatable bonds is 2. The van der Waals surface area contributed by atoms with Gasteiger partial charge in [0.1, 0.15) is 0 Å². The van der Waals surface area contributed by atoms with Crippen LogP contribution < -0.4 is 0 Å². The van der Waals surface area contributed by atoms with Crippen molar-refractivity contribution in [2.45, 2.75) is 105 Å². The molecule has 0 aromatic rings. The van der Waals surface area contributed by atoms with E-state index in [0.717, 1.165) is 47.3 Å². The molecule has 0 aromatic heterocycles. The molecule has 0 aromatic carbocycles. The van der Waals surface area contributed by atoms with E-state index >= 15 is 0 Å². The molecule has 4 atom stereocenters. The van der Waals surface area contributed by atoms with Crippen molar-refractivity contribution in [2.24, 2.45) is 52.8 Å². The van der Waals surface area contributed by atoms with E-state index in [1.165, 1.54) is 25.7 Å². The van der Waals surface area contributed by atoms with Gasteiger partial charge in [-0.15, -0.1) is 0 Å². The largest absolute Gasteiger partial charge is 0.0625 e. The quantitative estimate of drug-likeness (QED) is 0.481. The molecule has 4 saturated carbocycles. The summed E-state index contributed by atoms with van der Waals surface area (Å²) in [4.78, 5) is 0. The van der Waals surface area contributed by atoms with E-state index in [9.17, 15) is 0 Å². The molecule has 4 aliphatic carbocycles. The van der Waals surface area contributed by atoms with Crippen LogP contribution in [0.1, 0.15) is 105 Å². The zero-order valence-electron chi connectivity index (χ0n) is 17.6. The second-order valence-electron chi connectivity index (χ2n) is 11.6. The Hall–Kier alpha value is 0. The normalized spacial score (nSPS) is 50.4. The lowest BCUT2D eigenvalue weighted by Crippen LogP contribution is -2.37. The SMILES string of the molecule is CC1CCC(C2CCC(C3CC4CCCC(C)C4C3(C)C)CC2)CC1. The molecule has 25 heavy (non-hydrogen) atoms. The van der Waals surface area contributed by atoms with Gasteiger partial charge in [0, 0.05) is 0 Å². The maximum atomic E-state index is 2.67. The Labute approximate surface area is 157 Å². The topological polar surface area (TPSA) is 0 Å². The van der Waals surface area contributed by atoms with Crippen molar-refractivity contribution in [3.05, 3.63) is 0 Å². The molecular formula is C25H44. The third-order valence-corrected chi connectivity index (χ3v) is 9.84. The Morgan fingerprint density at radius 3 is 1.76 bits per heavy atom. The first kappa shape index (κ1) is 18.4. The van der Waals surface area contributed by atoms with E-state index in [1.54, 1.807) is 51.4 Å². The Kier molecular flexibility index (Phi) is 5.29. The van der Waals surface area contributed by atoms with Gasteiger partial charge in [0.15, 0.2) is 0 Å². The van der Waals surface area contributed by atoms with Crippen LogP contribution in [0.2, 0.25) is 0 Å². The summed E-state index contributed by atoms with van der Waals surface area (Å²) >= 11 is 0. The van der Waals surface area contributed by atoms with Crippen molar-refractivity contribution in [1.29, 1.82) is 0 Å². The van der Waals surface area contributed by atoms with Crippen LogP contribution in [0.3, 0.4) is 0 Å². The van der Waals surface area contributed by atoms with Crippen LogP contribution in [0.5, 0.6) is 0 Å². The maximum absolute atomic E-state index is 2.67. The second kappa shape index (κ2) is 7.20. The van der Waals surface area contributed by atoms with Crippen molar-refractivity contribution >= 4 is 0 Å². The second-order valence-corrected chi connectivity index (χ2v) is 11.6. The lowest BCUT2D eigenvalue weighted by molar-refractivity contribution is 0.0444. The summed E-state index contributed by atoms with van der Waals surface area (Å²) in [6, 6.07) is 0. The standard InChI is InChI=1S/C25H44/c1-17-8-10-19(11-9-17)20-12-14-21(15-13-20)23-16-22-7-5-6-18(2)24(22)25(23,3)4/h17-24H,5-16H2,1-4H3. The summed E-state index contributed by atoms with van der Waals surface area (Å²) < 4.78 is 0. The zero-order chi connectivity index (χ0) is 17.6. The summed E-state index contributed by atoms with van der Waals surface area (Å²) in [6.45, 7) is 10.4. The molecule has 0 nitrogen and oxygen atoms in total. The van der Waals surface area contributed by atoms with Crippen LogP contribution in [0.15, 0.2) is 0 Å². The van der Waals surface area contributed by atoms with Crippen LogP contribution in [-0.4, -0.2) is 0 Å². The van der Waals surface area contributed by atoms with Crippen LogP contribution in [0.25, 0.3) is 0 Å². The van der Waals surface area contributed by atoms with Gasteiger partial charge in [-0.05, 0) is 97.7 Å². The summed E-state index contributed by atoms with van der Waals surface area (Å²) in [5.74, 6) is 8.38. The minimum Gasteiger partial charge on any atom is -0.0625 e. The molecule has 0 radical (unpaired) electrons. The number of fused-ring (bicyclic) bond motifs is 1. The average Bonchev–Trinajstić information content (AvgIpc) is 2.88. The molecule has 0 heteroatoms. The van der Waals surface area contributed by atoms with Gasteiger partial charge < -0.3 is 0 Å². The highest BCUT2D eigenvalue weighted by Gasteiger charge is 2.53. The van der Waals surface area contributed by atoms with E-state index in [4.69, 9.17) is 0 Å². The molecule has 4 aliphatic rings. The Morgan fingerprint density at radius 2 is 1.16 bits per heavy atom. The highest BCUT2D eigenvalue weighted by Crippen LogP contribution is 2.61. The Morgan fingerprint density at radius 1 is 0.600 bits per heavy atom. The molecule has 0 aliphatic heterocycles. The third-order valence-electron chi connectivity index (χ3n) is 9.84.